The minimum absolute atomic E-state index is 0.491. The van der Waals surface area contributed by atoms with Crippen molar-refractivity contribution in [2.24, 2.45) is 7.05 Å². The molecule has 4 heterocycles. The van der Waals surface area contributed by atoms with Crippen molar-refractivity contribution in [3.05, 3.63) is 48.4 Å². The van der Waals surface area contributed by atoms with Crippen LogP contribution in [-0.2, 0) is 13.6 Å². The number of nitrogens with one attached hydrogen (secondary N) is 2. The van der Waals surface area contributed by atoms with Gasteiger partial charge >= 0.3 is 0 Å². The Kier molecular flexibility index (Phi) is 4.47. The van der Waals surface area contributed by atoms with Gasteiger partial charge in [-0.25, -0.2) is 4.98 Å². The molecule has 0 unspecified atom stereocenters. The van der Waals surface area contributed by atoms with Gasteiger partial charge in [0.2, 0.25) is 0 Å². The van der Waals surface area contributed by atoms with Crippen LogP contribution in [0, 0.1) is 0 Å². The molecule has 2 N–H and O–H groups in total. The summed E-state index contributed by atoms with van der Waals surface area (Å²) in [6.45, 7) is 3.04. The van der Waals surface area contributed by atoms with Crippen molar-refractivity contribution in [1.82, 2.24) is 29.9 Å². The molecule has 0 amide bonds. The highest BCUT2D eigenvalue weighted by Crippen LogP contribution is 2.22. The van der Waals surface area contributed by atoms with Gasteiger partial charge in [-0.2, -0.15) is 10.2 Å². The van der Waals surface area contributed by atoms with Crippen LogP contribution in [0.4, 0.5) is 5.82 Å². The van der Waals surface area contributed by atoms with Crippen LogP contribution in [0.2, 0.25) is 0 Å². The van der Waals surface area contributed by atoms with Crippen LogP contribution in [0.3, 0.4) is 0 Å². The average Bonchev–Trinajstić information content (AvgIpc) is 3.26. The number of piperidine rings is 1. The Morgan fingerprint density at radius 3 is 2.84 bits per heavy atom. The molecule has 130 valence electrons. The molecular formula is C18H23N7. The average molecular weight is 337 g/mol. The second-order valence-corrected chi connectivity index (χ2v) is 6.55. The van der Waals surface area contributed by atoms with E-state index in [9.17, 15) is 0 Å². The van der Waals surface area contributed by atoms with E-state index in [2.05, 4.69) is 30.5 Å². The summed E-state index contributed by atoms with van der Waals surface area (Å²) in [5.74, 6) is 0.966. The predicted octanol–water partition coefficient (Wildman–Crippen LogP) is 2.28. The third kappa shape index (κ3) is 3.71. The maximum atomic E-state index is 4.48. The van der Waals surface area contributed by atoms with Crippen LogP contribution in [0.25, 0.3) is 11.4 Å². The van der Waals surface area contributed by atoms with Gasteiger partial charge in [-0.15, -0.1) is 0 Å². The maximum absolute atomic E-state index is 4.48. The molecule has 1 aliphatic rings. The number of hydrogen-bond donors (Lipinski definition) is 2. The lowest BCUT2D eigenvalue weighted by atomic mass is 10.0. The van der Waals surface area contributed by atoms with Gasteiger partial charge in [0.05, 0.1) is 11.9 Å². The number of aromatic amines is 1. The fraction of sp³-hybridized carbons (Fsp3) is 0.389. The Balaban J connectivity index is 1.34. The van der Waals surface area contributed by atoms with Crippen molar-refractivity contribution in [2.45, 2.75) is 25.4 Å². The summed E-state index contributed by atoms with van der Waals surface area (Å²) in [5, 5.41) is 15.3. The van der Waals surface area contributed by atoms with Crippen molar-refractivity contribution < 1.29 is 0 Å². The Hall–Kier alpha value is -2.67. The lowest BCUT2D eigenvalue weighted by Gasteiger charge is -2.32. The molecule has 0 bridgehead atoms. The molecule has 0 saturated carbocycles. The van der Waals surface area contributed by atoms with E-state index in [1.54, 1.807) is 0 Å². The monoisotopic (exact) mass is 337 g/mol. The molecular weight excluding hydrogens is 314 g/mol. The lowest BCUT2D eigenvalue weighted by molar-refractivity contribution is 0.211. The first-order chi connectivity index (χ1) is 12.3. The van der Waals surface area contributed by atoms with Crippen LogP contribution in [0.5, 0.6) is 0 Å². The van der Waals surface area contributed by atoms with Crippen molar-refractivity contribution in [3.8, 4) is 11.4 Å². The summed E-state index contributed by atoms with van der Waals surface area (Å²) >= 11 is 0. The van der Waals surface area contributed by atoms with E-state index in [4.69, 9.17) is 0 Å². The minimum Gasteiger partial charge on any atom is -0.367 e. The zero-order valence-corrected chi connectivity index (χ0v) is 14.4. The molecule has 1 saturated heterocycles. The molecule has 0 radical (unpaired) electrons. The molecule has 0 spiro atoms. The number of aryl methyl sites for hydroxylation is 1. The normalized spacial score (nSPS) is 16.2. The molecule has 1 fully saturated rings. The van der Waals surface area contributed by atoms with Gasteiger partial charge in [0.15, 0.2) is 0 Å². The second-order valence-electron chi connectivity index (χ2n) is 6.55. The molecule has 4 rings (SSSR count). The van der Waals surface area contributed by atoms with Gasteiger partial charge in [0.25, 0.3) is 0 Å². The summed E-state index contributed by atoms with van der Waals surface area (Å²) in [5.41, 5.74) is 3.17. The Morgan fingerprint density at radius 1 is 1.24 bits per heavy atom. The van der Waals surface area contributed by atoms with E-state index in [0.717, 1.165) is 49.7 Å². The van der Waals surface area contributed by atoms with E-state index >= 15 is 0 Å². The Morgan fingerprint density at radius 2 is 2.12 bits per heavy atom. The summed E-state index contributed by atoms with van der Waals surface area (Å²) in [4.78, 5) is 6.83. The molecule has 0 atom stereocenters. The zero-order chi connectivity index (χ0) is 17.1. The van der Waals surface area contributed by atoms with Crippen molar-refractivity contribution in [1.29, 1.82) is 0 Å². The second kappa shape index (κ2) is 7.06. The van der Waals surface area contributed by atoms with E-state index in [0.29, 0.717) is 6.04 Å². The number of hydrogen-bond acceptors (Lipinski definition) is 5. The predicted molar refractivity (Wildman–Crippen MR) is 96.9 cm³/mol. The molecule has 3 aromatic rings. The third-order valence-corrected chi connectivity index (χ3v) is 4.69. The number of pyridine rings is 1. The molecule has 1 aliphatic heterocycles. The van der Waals surface area contributed by atoms with Gasteiger partial charge in [-0.3, -0.25) is 14.7 Å². The first-order valence-electron chi connectivity index (χ1n) is 8.70. The summed E-state index contributed by atoms with van der Waals surface area (Å²) < 4.78 is 1.81. The number of likely N-dealkylation sites (tertiary alicyclic amines) is 1. The van der Waals surface area contributed by atoms with Crippen LogP contribution < -0.4 is 5.32 Å². The molecule has 25 heavy (non-hydrogen) atoms. The standard InChI is InChI=1S/C18H23N7/c1-24-9-7-16(23-24)18-14(12-20-22-18)13-25-10-5-15(6-11-25)21-17-4-2-3-8-19-17/h2-4,7-9,12,15H,5-6,10-11,13H2,1H3,(H,19,21)(H,20,22). The molecule has 7 heteroatoms. The van der Waals surface area contributed by atoms with Crippen LogP contribution in [0.15, 0.2) is 42.9 Å². The van der Waals surface area contributed by atoms with E-state index in [-0.39, 0.29) is 0 Å². The highest BCUT2D eigenvalue weighted by Gasteiger charge is 2.21. The smallest absolute Gasteiger partial charge is 0.126 e. The Bertz CT molecular complexity index is 800. The van der Waals surface area contributed by atoms with Crippen molar-refractivity contribution in [3.63, 3.8) is 0 Å². The SMILES string of the molecule is Cn1ccc(-c2[nH]ncc2CN2CCC(Nc3ccccn3)CC2)n1. The fourth-order valence-electron chi connectivity index (χ4n) is 3.33. The summed E-state index contributed by atoms with van der Waals surface area (Å²) in [7, 11) is 1.93. The first kappa shape index (κ1) is 15.8. The van der Waals surface area contributed by atoms with Crippen LogP contribution >= 0.6 is 0 Å². The van der Waals surface area contributed by atoms with Crippen molar-refractivity contribution in [2.75, 3.05) is 18.4 Å². The third-order valence-electron chi connectivity index (χ3n) is 4.69. The number of aromatic nitrogens is 5. The summed E-state index contributed by atoms with van der Waals surface area (Å²) in [6.07, 6.45) is 7.94. The van der Waals surface area contributed by atoms with Gasteiger partial charge < -0.3 is 5.32 Å². The quantitative estimate of drug-likeness (QED) is 0.747. The first-order valence-corrected chi connectivity index (χ1v) is 8.70. The van der Waals surface area contributed by atoms with E-state index in [1.165, 1.54) is 5.56 Å². The van der Waals surface area contributed by atoms with Gasteiger partial charge in [-0.1, -0.05) is 6.07 Å². The lowest BCUT2D eigenvalue weighted by Crippen LogP contribution is -2.38. The maximum Gasteiger partial charge on any atom is 0.126 e. The molecule has 0 aliphatic carbocycles. The van der Waals surface area contributed by atoms with E-state index in [1.807, 2.05) is 54.6 Å². The number of rotatable bonds is 5. The highest BCUT2D eigenvalue weighted by atomic mass is 15.3. The highest BCUT2D eigenvalue weighted by molar-refractivity contribution is 5.57. The van der Waals surface area contributed by atoms with E-state index < -0.39 is 0 Å². The number of anilines is 1. The van der Waals surface area contributed by atoms with Gasteiger partial charge in [0.1, 0.15) is 11.5 Å². The largest absolute Gasteiger partial charge is 0.367 e. The molecule has 3 aromatic heterocycles. The zero-order valence-electron chi connectivity index (χ0n) is 14.4. The Labute approximate surface area is 147 Å². The van der Waals surface area contributed by atoms with Crippen molar-refractivity contribution >= 4 is 5.82 Å². The number of H-pyrrole nitrogens is 1. The van der Waals surface area contributed by atoms with Crippen LogP contribution in [-0.4, -0.2) is 49.0 Å². The summed E-state index contributed by atoms with van der Waals surface area (Å²) in [6, 6.07) is 8.49. The van der Waals surface area contributed by atoms with Crippen LogP contribution in [0.1, 0.15) is 18.4 Å². The topological polar surface area (TPSA) is 74.7 Å². The fourth-order valence-corrected chi connectivity index (χ4v) is 3.33. The van der Waals surface area contributed by atoms with Gasteiger partial charge in [0, 0.05) is 50.7 Å². The van der Waals surface area contributed by atoms with Gasteiger partial charge in [-0.05, 0) is 31.0 Å². The molecule has 0 aromatic carbocycles. The number of nitrogens with zero attached hydrogens (tertiary/aromatic N) is 5. The molecule has 7 nitrogen and oxygen atoms in total. The minimum atomic E-state index is 0.491.